The Morgan fingerprint density at radius 2 is 1.86 bits per heavy atom. The first kappa shape index (κ1) is 12.8. The Kier molecular flexibility index (Phi) is 5.77. The van der Waals surface area contributed by atoms with Crippen LogP contribution in [-0.2, 0) is 0 Å². The monoisotopic (exact) mass is 193 g/mol. The summed E-state index contributed by atoms with van der Waals surface area (Å²) in [5.41, 5.74) is 1.71. The van der Waals surface area contributed by atoms with Crippen LogP contribution in [0, 0.1) is 0 Å². The minimum absolute atomic E-state index is 0.0188. The summed E-state index contributed by atoms with van der Waals surface area (Å²) in [6.07, 6.45) is 1.77. The highest BCUT2D eigenvalue weighted by Gasteiger charge is 2.02. The first-order chi connectivity index (χ1) is 6.61. The Morgan fingerprint density at radius 1 is 1.29 bits per heavy atom. The lowest BCUT2D eigenvalue weighted by Crippen LogP contribution is -1.97. The second-order valence-corrected chi connectivity index (χ2v) is 3.19. The van der Waals surface area contributed by atoms with E-state index in [-0.39, 0.29) is 5.78 Å². The molecule has 1 aromatic rings. The van der Waals surface area contributed by atoms with Crippen molar-refractivity contribution in [3.8, 4) is 0 Å². The van der Waals surface area contributed by atoms with E-state index in [1.807, 2.05) is 19.9 Å². The van der Waals surface area contributed by atoms with E-state index in [4.69, 9.17) is 0 Å². The van der Waals surface area contributed by atoms with E-state index in [1.54, 1.807) is 12.3 Å². The highest BCUT2D eigenvalue weighted by molar-refractivity contribution is 5.91. The van der Waals surface area contributed by atoms with Crippen molar-refractivity contribution in [2.75, 3.05) is 0 Å². The van der Waals surface area contributed by atoms with E-state index < -0.39 is 0 Å². The second kappa shape index (κ2) is 6.30. The number of rotatable bonds is 2. The summed E-state index contributed by atoms with van der Waals surface area (Å²) in [7, 11) is 0. The number of carbonyl (C=O) groups is 1. The van der Waals surface area contributed by atoms with Crippen molar-refractivity contribution in [2.24, 2.45) is 0 Å². The third kappa shape index (κ3) is 3.69. The summed E-state index contributed by atoms with van der Waals surface area (Å²) in [6.45, 7) is 9.73. The van der Waals surface area contributed by atoms with Crippen molar-refractivity contribution in [2.45, 2.75) is 40.5 Å². The van der Waals surface area contributed by atoms with Crippen LogP contribution in [0.1, 0.15) is 56.6 Å². The molecule has 0 aliphatic carbocycles. The Morgan fingerprint density at radius 3 is 2.14 bits per heavy atom. The molecule has 0 atom stereocenters. The molecule has 0 aromatic carbocycles. The lowest BCUT2D eigenvalue weighted by molar-refractivity contribution is 0.101. The van der Waals surface area contributed by atoms with Crippen LogP contribution in [0.5, 0.6) is 0 Å². The summed E-state index contributed by atoms with van der Waals surface area (Å²) in [4.78, 5) is 14.9. The molecule has 1 heterocycles. The van der Waals surface area contributed by atoms with Gasteiger partial charge in [0.2, 0.25) is 0 Å². The molecule has 0 aliphatic rings. The molecule has 0 fully saturated rings. The first-order valence-corrected chi connectivity index (χ1v) is 5.08. The molecular weight excluding hydrogens is 174 g/mol. The fourth-order valence-electron chi connectivity index (χ4n) is 0.955. The van der Waals surface area contributed by atoms with E-state index >= 15 is 0 Å². The van der Waals surface area contributed by atoms with Crippen LogP contribution in [0.4, 0.5) is 0 Å². The number of carbonyl (C=O) groups excluding carboxylic acids is 1. The zero-order valence-electron chi connectivity index (χ0n) is 9.66. The second-order valence-electron chi connectivity index (χ2n) is 3.19. The van der Waals surface area contributed by atoms with Crippen molar-refractivity contribution in [3.63, 3.8) is 0 Å². The van der Waals surface area contributed by atoms with Gasteiger partial charge in [0.15, 0.2) is 5.78 Å². The highest BCUT2D eigenvalue weighted by Crippen LogP contribution is 2.12. The van der Waals surface area contributed by atoms with E-state index in [2.05, 4.69) is 18.8 Å². The number of pyridine rings is 1. The van der Waals surface area contributed by atoms with Gasteiger partial charge in [0, 0.05) is 13.1 Å². The lowest BCUT2D eigenvalue weighted by atomic mass is 10.1. The minimum atomic E-state index is 0.0188. The largest absolute Gasteiger partial charge is 0.293 e. The van der Waals surface area contributed by atoms with Gasteiger partial charge in [-0.05, 0) is 17.5 Å². The van der Waals surface area contributed by atoms with Crippen LogP contribution in [0.15, 0.2) is 18.3 Å². The molecule has 2 nitrogen and oxygen atoms in total. The maximum absolute atomic E-state index is 10.9. The van der Waals surface area contributed by atoms with Crippen LogP contribution in [0.3, 0.4) is 0 Å². The van der Waals surface area contributed by atoms with Crippen molar-refractivity contribution < 1.29 is 4.79 Å². The third-order valence-corrected chi connectivity index (χ3v) is 1.81. The summed E-state index contributed by atoms with van der Waals surface area (Å²) in [5.74, 6) is 0.490. The molecule has 1 aromatic heterocycles. The molecule has 0 N–H and O–H groups in total. The van der Waals surface area contributed by atoms with Crippen LogP contribution < -0.4 is 0 Å². The topological polar surface area (TPSA) is 30.0 Å². The van der Waals surface area contributed by atoms with Crippen LogP contribution in [0.2, 0.25) is 0 Å². The van der Waals surface area contributed by atoms with Gasteiger partial charge in [-0.3, -0.25) is 9.78 Å². The maximum atomic E-state index is 10.9. The predicted octanol–water partition coefficient (Wildman–Crippen LogP) is 3.43. The predicted molar refractivity (Wildman–Crippen MR) is 59.7 cm³/mol. The normalized spacial score (nSPS) is 9.29. The smallest absolute Gasteiger partial charge is 0.178 e. The number of aromatic nitrogens is 1. The zero-order valence-corrected chi connectivity index (χ0v) is 9.66. The van der Waals surface area contributed by atoms with Crippen molar-refractivity contribution in [1.29, 1.82) is 0 Å². The van der Waals surface area contributed by atoms with E-state index in [0.717, 1.165) is 0 Å². The van der Waals surface area contributed by atoms with Gasteiger partial charge in [0.1, 0.15) is 5.69 Å². The number of hydrogen-bond donors (Lipinski definition) is 0. The molecule has 0 aliphatic heterocycles. The summed E-state index contributed by atoms with van der Waals surface area (Å²) in [6, 6.07) is 3.73. The van der Waals surface area contributed by atoms with Gasteiger partial charge in [0.05, 0.1) is 0 Å². The van der Waals surface area contributed by atoms with Gasteiger partial charge in [-0.15, -0.1) is 0 Å². The average Bonchev–Trinajstić information content (AvgIpc) is 2.21. The Labute approximate surface area is 86.4 Å². The summed E-state index contributed by atoms with van der Waals surface area (Å²) in [5, 5.41) is 0. The van der Waals surface area contributed by atoms with Gasteiger partial charge >= 0.3 is 0 Å². The standard InChI is InChI=1S/C10H13NO.C2H6/c1-7(2)9-4-5-10(8(3)12)11-6-9;1-2/h4-7H,1-3H3;1-2H3. The molecule has 0 amide bonds. The van der Waals surface area contributed by atoms with Crippen LogP contribution in [-0.4, -0.2) is 10.8 Å². The summed E-state index contributed by atoms with van der Waals surface area (Å²) >= 11 is 0. The Bertz CT molecular complexity index is 275. The average molecular weight is 193 g/mol. The molecule has 1 rings (SSSR count). The van der Waals surface area contributed by atoms with Crippen molar-refractivity contribution in [3.05, 3.63) is 29.6 Å². The molecule has 0 radical (unpaired) electrons. The molecule has 14 heavy (non-hydrogen) atoms. The Hall–Kier alpha value is -1.18. The molecule has 0 saturated heterocycles. The van der Waals surface area contributed by atoms with Crippen molar-refractivity contribution in [1.82, 2.24) is 4.98 Å². The van der Waals surface area contributed by atoms with Gasteiger partial charge in [-0.2, -0.15) is 0 Å². The third-order valence-electron chi connectivity index (χ3n) is 1.81. The van der Waals surface area contributed by atoms with E-state index in [0.29, 0.717) is 11.6 Å². The quantitative estimate of drug-likeness (QED) is 0.673. The van der Waals surface area contributed by atoms with E-state index in [9.17, 15) is 4.79 Å². The first-order valence-electron chi connectivity index (χ1n) is 5.08. The van der Waals surface area contributed by atoms with Gasteiger partial charge < -0.3 is 0 Å². The van der Waals surface area contributed by atoms with Gasteiger partial charge in [-0.25, -0.2) is 0 Å². The molecule has 0 bridgehead atoms. The number of hydrogen-bond acceptors (Lipinski definition) is 2. The molecular formula is C12H19NO. The van der Waals surface area contributed by atoms with Crippen molar-refractivity contribution >= 4 is 5.78 Å². The highest BCUT2D eigenvalue weighted by atomic mass is 16.1. The molecule has 0 unspecified atom stereocenters. The maximum Gasteiger partial charge on any atom is 0.178 e. The lowest BCUT2D eigenvalue weighted by Gasteiger charge is -2.03. The summed E-state index contributed by atoms with van der Waals surface area (Å²) < 4.78 is 0. The molecule has 78 valence electrons. The van der Waals surface area contributed by atoms with Crippen LogP contribution >= 0.6 is 0 Å². The molecule has 0 saturated carbocycles. The number of nitrogens with zero attached hydrogens (tertiary/aromatic N) is 1. The Balaban J connectivity index is 0.000000791. The zero-order chi connectivity index (χ0) is 11.1. The fraction of sp³-hybridized carbons (Fsp3) is 0.500. The van der Waals surface area contributed by atoms with Gasteiger partial charge in [-0.1, -0.05) is 33.8 Å². The SMILES string of the molecule is CC.CC(=O)c1ccc(C(C)C)cn1. The molecule has 2 heteroatoms. The van der Waals surface area contributed by atoms with Gasteiger partial charge in [0.25, 0.3) is 0 Å². The molecule has 0 spiro atoms. The number of ketones is 1. The fourth-order valence-corrected chi connectivity index (χ4v) is 0.955. The van der Waals surface area contributed by atoms with Crippen LogP contribution in [0.25, 0.3) is 0 Å². The minimum Gasteiger partial charge on any atom is -0.293 e. The number of Topliss-reactive ketones (excluding diaryl/α,β-unsaturated/α-hetero) is 1. The van der Waals surface area contributed by atoms with E-state index in [1.165, 1.54) is 12.5 Å².